The maximum atomic E-state index is 13.3. The molecular weight excluding hydrogens is 492 g/mol. The molecule has 0 radical (unpaired) electrons. The smallest absolute Gasteiger partial charge is 0.336 e. The van der Waals surface area contributed by atoms with Gasteiger partial charge in [0.15, 0.2) is 0 Å². The zero-order valence-electron chi connectivity index (χ0n) is 21.9. The number of allylic oxidation sites excluding steroid dienone is 2. The van der Waals surface area contributed by atoms with E-state index in [-0.39, 0.29) is 23.4 Å². The number of ether oxygens (including phenoxy) is 4. The molecule has 0 aromatic heterocycles. The third-order valence-corrected chi connectivity index (χ3v) is 6.11. The Morgan fingerprint density at radius 1 is 0.947 bits per heavy atom. The average Bonchev–Trinajstić information content (AvgIpc) is 2.91. The second kappa shape index (κ2) is 13.4. The molecule has 3 rings (SSSR count). The molecule has 0 amide bonds. The zero-order chi connectivity index (χ0) is 27.7. The number of nitro benzene ring substituents is 1. The normalized spacial score (nSPS) is 15.1. The van der Waals surface area contributed by atoms with E-state index in [1.165, 1.54) is 25.3 Å². The summed E-state index contributed by atoms with van der Waals surface area (Å²) in [5, 5.41) is 14.4. The Balaban J connectivity index is 1.70. The highest BCUT2D eigenvalue weighted by molar-refractivity contribution is 5.99. The molecule has 2 aromatic rings. The number of non-ortho nitro benzene ring substituents is 1. The lowest BCUT2D eigenvalue weighted by molar-refractivity contribution is -0.384. The van der Waals surface area contributed by atoms with Crippen molar-refractivity contribution in [3.8, 4) is 5.75 Å². The van der Waals surface area contributed by atoms with Gasteiger partial charge in [-0.2, -0.15) is 0 Å². The van der Waals surface area contributed by atoms with E-state index in [1.54, 1.807) is 27.0 Å². The Bertz CT molecular complexity index is 1230. The van der Waals surface area contributed by atoms with Crippen molar-refractivity contribution in [2.45, 2.75) is 32.6 Å². The number of nitro groups is 1. The molecule has 10 nitrogen and oxygen atoms in total. The van der Waals surface area contributed by atoms with Crippen molar-refractivity contribution >= 4 is 17.6 Å². The summed E-state index contributed by atoms with van der Waals surface area (Å²) in [6.45, 7) is 4.44. The second-order valence-electron chi connectivity index (χ2n) is 8.70. The molecule has 0 saturated heterocycles. The van der Waals surface area contributed by atoms with Crippen LogP contribution in [-0.4, -0.2) is 50.9 Å². The van der Waals surface area contributed by atoms with Gasteiger partial charge in [-0.05, 0) is 43.5 Å². The number of hydrogen-bond acceptors (Lipinski definition) is 9. The summed E-state index contributed by atoms with van der Waals surface area (Å²) in [6.07, 6.45) is 1.26. The van der Waals surface area contributed by atoms with Gasteiger partial charge in [0, 0.05) is 37.1 Å². The summed E-state index contributed by atoms with van der Waals surface area (Å²) in [4.78, 5) is 36.8. The summed E-state index contributed by atoms with van der Waals surface area (Å²) >= 11 is 0. The molecule has 1 N–H and O–H groups in total. The topological polar surface area (TPSA) is 126 Å². The molecule has 0 spiro atoms. The molecule has 0 fully saturated rings. The van der Waals surface area contributed by atoms with E-state index in [9.17, 15) is 19.7 Å². The summed E-state index contributed by atoms with van der Waals surface area (Å²) in [7, 11) is 2.90. The van der Waals surface area contributed by atoms with Crippen LogP contribution in [0.25, 0.3) is 0 Å². The first-order valence-electron chi connectivity index (χ1n) is 12.2. The minimum absolute atomic E-state index is 0.0828. The van der Waals surface area contributed by atoms with E-state index >= 15 is 0 Å². The molecule has 1 unspecified atom stereocenters. The maximum Gasteiger partial charge on any atom is 0.336 e. The monoisotopic (exact) mass is 524 g/mol. The largest absolute Gasteiger partial charge is 0.493 e. The molecule has 38 heavy (non-hydrogen) atoms. The maximum absolute atomic E-state index is 13.3. The van der Waals surface area contributed by atoms with Gasteiger partial charge in [0.05, 0.1) is 48.9 Å². The predicted molar refractivity (Wildman–Crippen MR) is 139 cm³/mol. The van der Waals surface area contributed by atoms with E-state index < -0.39 is 22.8 Å². The van der Waals surface area contributed by atoms with Crippen molar-refractivity contribution < 1.29 is 33.5 Å². The number of dihydropyridines is 1. The molecule has 0 bridgehead atoms. The van der Waals surface area contributed by atoms with E-state index in [4.69, 9.17) is 18.9 Å². The van der Waals surface area contributed by atoms with Crippen LogP contribution in [-0.2, 0) is 30.2 Å². The van der Waals surface area contributed by atoms with Gasteiger partial charge in [0.25, 0.3) is 5.69 Å². The fraction of sp³-hybridized carbons (Fsp3) is 0.357. The Morgan fingerprint density at radius 3 is 2.26 bits per heavy atom. The highest BCUT2D eigenvalue weighted by Crippen LogP contribution is 2.40. The van der Waals surface area contributed by atoms with Crippen LogP contribution in [0.3, 0.4) is 0 Å². The molecule has 1 aliphatic heterocycles. The van der Waals surface area contributed by atoms with Gasteiger partial charge in [-0.15, -0.1) is 0 Å². The fourth-order valence-electron chi connectivity index (χ4n) is 4.26. The lowest BCUT2D eigenvalue weighted by Crippen LogP contribution is -2.32. The molecular formula is C28H32N2O8. The third-order valence-electron chi connectivity index (χ3n) is 6.11. The highest BCUT2D eigenvalue weighted by atomic mass is 16.6. The molecule has 0 aliphatic carbocycles. The quantitative estimate of drug-likeness (QED) is 0.188. The lowest BCUT2D eigenvalue weighted by Gasteiger charge is -2.30. The van der Waals surface area contributed by atoms with Crippen molar-refractivity contribution in [3.05, 3.63) is 92.3 Å². The van der Waals surface area contributed by atoms with Gasteiger partial charge in [-0.25, -0.2) is 9.59 Å². The minimum atomic E-state index is -0.899. The number of esters is 2. The Labute approximate surface area is 221 Å². The SMILES string of the molecule is COCCc1ccc(OCCCOC(=O)C2=C(C)NC(C)=C(C(=O)OC)C2c2cccc([N+](=O)[O-])c2)cc1. The number of methoxy groups -OCH3 is 2. The predicted octanol–water partition coefficient (Wildman–Crippen LogP) is 4.20. The fourth-order valence-corrected chi connectivity index (χ4v) is 4.26. The first-order chi connectivity index (χ1) is 18.3. The van der Waals surface area contributed by atoms with Crippen molar-refractivity contribution in [1.29, 1.82) is 0 Å². The first kappa shape index (κ1) is 28.4. The minimum Gasteiger partial charge on any atom is -0.493 e. The van der Waals surface area contributed by atoms with Crippen LogP contribution in [0.15, 0.2) is 71.1 Å². The van der Waals surface area contributed by atoms with Gasteiger partial charge in [-0.1, -0.05) is 24.3 Å². The van der Waals surface area contributed by atoms with Gasteiger partial charge < -0.3 is 24.3 Å². The number of benzene rings is 2. The molecule has 10 heteroatoms. The number of nitrogens with zero attached hydrogens (tertiary/aromatic N) is 1. The van der Waals surface area contributed by atoms with Gasteiger partial charge in [0.1, 0.15) is 5.75 Å². The molecule has 1 heterocycles. The third kappa shape index (κ3) is 6.98. The number of carbonyl (C=O) groups excluding carboxylic acids is 2. The van der Waals surface area contributed by atoms with Gasteiger partial charge in [-0.3, -0.25) is 10.1 Å². The van der Waals surface area contributed by atoms with Crippen molar-refractivity contribution in [2.24, 2.45) is 0 Å². The molecule has 1 aliphatic rings. The van der Waals surface area contributed by atoms with Crippen molar-refractivity contribution in [1.82, 2.24) is 5.32 Å². The van der Waals surface area contributed by atoms with E-state index in [2.05, 4.69) is 5.32 Å². The number of hydrogen-bond donors (Lipinski definition) is 1. The average molecular weight is 525 g/mol. The molecule has 1 atom stereocenters. The van der Waals surface area contributed by atoms with E-state index in [1.807, 2.05) is 24.3 Å². The number of rotatable bonds is 12. The van der Waals surface area contributed by atoms with Crippen LogP contribution in [0.1, 0.15) is 37.3 Å². The number of carbonyl (C=O) groups is 2. The van der Waals surface area contributed by atoms with Crippen LogP contribution < -0.4 is 10.1 Å². The molecule has 202 valence electrons. The summed E-state index contributed by atoms with van der Waals surface area (Å²) in [5.41, 5.74) is 2.74. The van der Waals surface area contributed by atoms with Crippen molar-refractivity contribution in [3.63, 3.8) is 0 Å². The summed E-state index contributed by atoms with van der Waals surface area (Å²) < 4.78 is 21.3. The Kier molecular flexibility index (Phi) is 10.0. The van der Waals surface area contributed by atoms with Crippen LogP contribution in [0.4, 0.5) is 5.69 Å². The van der Waals surface area contributed by atoms with Gasteiger partial charge >= 0.3 is 11.9 Å². The standard InChI is InChI=1S/C28H32N2O8/c1-18-24(27(31)36-4)26(21-7-5-8-22(17-21)30(33)34)25(19(2)29-18)28(32)38-15-6-14-37-23-11-9-20(10-12-23)13-16-35-3/h5,7-12,17,26,29H,6,13-16H2,1-4H3. The Hall–Kier alpha value is -4.18. The van der Waals surface area contributed by atoms with E-state index in [0.717, 1.165) is 12.0 Å². The van der Waals surface area contributed by atoms with Crippen LogP contribution >= 0.6 is 0 Å². The van der Waals surface area contributed by atoms with Crippen LogP contribution in [0, 0.1) is 10.1 Å². The van der Waals surface area contributed by atoms with Crippen molar-refractivity contribution in [2.75, 3.05) is 34.0 Å². The lowest BCUT2D eigenvalue weighted by atomic mass is 9.80. The second-order valence-corrected chi connectivity index (χ2v) is 8.70. The number of nitrogens with one attached hydrogen (secondary N) is 1. The van der Waals surface area contributed by atoms with Crippen LogP contribution in [0.5, 0.6) is 5.75 Å². The summed E-state index contributed by atoms with van der Waals surface area (Å²) in [5.74, 6) is -1.47. The highest BCUT2D eigenvalue weighted by Gasteiger charge is 2.38. The molecule has 0 saturated carbocycles. The van der Waals surface area contributed by atoms with E-state index in [0.29, 0.717) is 42.3 Å². The molecule has 2 aromatic carbocycles. The summed E-state index contributed by atoms with van der Waals surface area (Å²) in [6, 6.07) is 13.6. The first-order valence-corrected chi connectivity index (χ1v) is 12.2. The van der Waals surface area contributed by atoms with Gasteiger partial charge in [0.2, 0.25) is 0 Å². The zero-order valence-corrected chi connectivity index (χ0v) is 21.9. The van der Waals surface area contributed by atoms with Crippen LogP contribution in [0.2, 0.25) is 0 Å². The Morgan fingerprint density at radius 2 is 1.63 bits per heavy atom.